The average Bonchev–Trinajstić information content (AvgIpc) is 3.11. The Balaban J connectivity index is 1.77. The van der Waals surface area contributed by atoms with E-state index in [0.717, 1.165) is 17.3 Å². The van der Waals surface area contributed by atoms with E-state index < -0.39 is 0 Å². The van der Waals surface area contributed by atoms with Gasteiger partial charge in [-0.2, -0.15) is 0 Å². The topological polar surface area (TPSA) is 24.9 Å². The Morgan fingerprint density at radius 3 is 2.89 bits per heavy atom. The molecule has 2 nitrogen and oxygen atoms in total. The Hall–Kier alpha value is -0.840. The molecule has 100 valence electrons. The zero-order valence-electron chi connectivity index (χ0n) is 11.1. The van der Waals surface area contributed by atoms with Crippen LogP contribution in [0.5, 0.6) is 0 Å². The molecule has 2 heterocycles. The number of aromatic nitrogens is 1. The fraction of sp³-hybridized carbons (Fsp3) is 0.400. The first kappa shape index (κ1) is 13.2. The number of thioether (sulfide) groups is 1. The molecule has 0 saturated carbocycles. The number of thiazole rings is 1. The molecule has 0 bridgehead atoms. The van der Waals surface area contributed by atoms with Gasteiger partial charge in [-0.15, -0.1) is 23.1 Å². The zero-order chi connectivity index (χ0) is 13.1. The molecule has 19 heavy (non-hydrogen) atoms. The fourth-order valence-corrected chi connectivity index (χ4v) is 3.92. The van der Waals surface area contributed by atoms with Crippen molar-refractivity contribution in [2.75, 3.05) is 12.3 Å². The molecule has 1 N–H and O–H groups in total. The summed E-state index contributed by atoms with van der Waals surface area (Å²) < 4.78 is 0. The summed E-state index contributed by atoms with van der Waals surface area (Å²) in [5.41, 5.74) is 2.44. The minimum Gasteiger partial charge on any atom is -0.309 e. The molecule has 0 unspecified atom stereocenters. The van der Waals surface area contributed by atoms with Gasteiger partial charge in [0.15, 0.2) is 0 Å². The lowest BCUT2D eigenvalue weighted by molar-refractivity contribution is 0.632. The summed E-state index contributed by atoms with van der Waals surface area (Å²) in [4.78, 5) is 6.12. The third-order valence-corrected chi connectivity index (χ3v) is 5.16. The number of nitrogens with one attached hydrogen (secondary N) is 1. The first-order chi connectivity index (χ1) is 9.36. The van der Waals surface area contributed by atoms with E-state index in [1.54, 1.807) is 11.3 Å². The highest BCUT2D eigenvalue weighted by molar-refractivity contribution is 7.99. The van der Waals surface area contributed by atoms with Crippen molar-refractivity contribution in [1.82, 2.24) is 10.3 Å². The SMILES string of the molecule is CCSc1ccc(-c2nc([C@H]3CCCN3)cs2)cc1. The molecule has 1 fully saturated rings. The summed E-state index contributed by atoms with van der Waals surface area (Å²) in [5.74, 6) is 1.12. The number of hydrogen-bond acceptors (Lipinski definition) is 4. The van der Waals surface area contributed by atoms with Crippen LogP contribution in [-0.2, 0) is 0 Å². The van der Waals surface area contributed by atoms with Crippen LogP contribution in [0.15, 0.2) is 34.5 Å². The van der Waals surface area contributed by atoms with Gasteiger partial charge < -0.3 is 5.32 Å². The third-order valence-electron chi connectivity index (χ3n) is 3.35. The molecular formula is C15H18N2S2. The van der Waals surface area contributed by atoms with E-state index in [4.69, 9.17) is 4.98 Å². The predicted octanol–water partition coefficient (Wildman–Crippen LogP) is 4.35. The molecule has 1 aliphatic rings. The third kappa shape index (κ3) is 3.02. The first-order valence-electron chi connectivity index (χ1n) is 6.79. The lowest BCUT2D eigenvalue weighted by Crippen LogP contribution is -2.12. The van der Waals surface area contributed by atoms with Crippen molar-refractivity contribution in [2.24, 2.45) is 0 Å². The summed E-state index contributed by atoms with van der Waals surface area (Å²) >= 11 is 3.63. The maximum atomic E-state index is 4.79. The van der Waals surface area contributed by atoms with Gasteiger partial charge in [0.2, 0.25) is 0 Å². The minimum absolute atomic E-state index is 0.472. The molecule has 4 heteroatoms. The van der Waals surface area contributed by atoms with Crippen molar-refractivity contribution >= 4 is 23.1 Å². The van der Waals surface area contributed by atoms with E-state index in [1.807, 2.05) is 11.8 Å². The van der Waals surface area contributed by atoms with Crippen LogP contribution in [0.2, 0.25) is 0 Å². The van der Waals surface area contributed by atoms with Crippen molar-refractivity contribution < 1.29 is 0 Å². The standard InChI is InChI=1S/C15H18N2S2/c1-2-18-12-7-5-11(6-8-12)15-17-14(10-19-15)13-4-3-9-16-13/h5-8,10,13,16H,2-4,9H2,1H3/t13-/m1/s1. The van der Waals surface area contributed by atoms with Crippen LogP contribution < -0.4 is 5.32 Å². The van der Waals surface area contributed by atoms with E-state index in [0.29, 0.717) is 6.04 Å². The molecular weight excluding hydrogens is 272 g/mol. The van der Waals surface area contributed by atoms with Crippen molar-refractivity contribution in [3.63, 3.8) is 0 Å². The summed E-state index contributed by atoms with van der Waals surface area (Å²) in [6.07, 6.45) is 2.48. The Labute approximate surface area is 122 Å². The van der Waals surface area contributed by atoms with Gasteiger partial charge in [0.1, 0.15) is 5.01 Å². The summed E-state index contributed by atoms with van der Waals surface area (Å²) in [5, 5.41) is 6.84. The van der Waals surface area contributed by atoms with Crippen LogP contribution >= 0.6 is 23.1 Å². The molecule has 2 aromatic rings. The normalized spacial score (nSPS) is 18.9. The summed E-state index contributed by atoms with van der Waals surface area (Å²) in [6.45, 7) is 3.31. The lowest BCUT2D eigenvalue weighted by Gasteiger charge is -2.05. The smallest absolute Gasteiger partial charge is 0.123 e. The quantitative estimate of drug-likeness (QED) is 0.848. The van der Waals surface area contributed by atoms with Crippen LogP contribution in [0.1, 0.15) is 31.5 Å². The van der Waals surface area contributed by atoms with E-state index in [1.165, 1.54) is 29.0 Å². The Kier molecular flexibility index (Phi) is 4.21. The molecule has 0 aliphatic carbocycles. The van der Waals surface area contributed by atoms with Crippen LogP contribution in [0.25, 0.3) is 10.6 Å². The van der Waals surface area contributed by atoms with Gasteiger partial charge in [-0.25, -0.2) is 4.98 Å². The maximum absolute atomic E-state index is 4.79. The first-order valence-corrected chi connectivity index (χ1v) is 8.65. The Bertz CT molecular complexity index is 527. The van der Waals surface area contributed by atoms with Crippen LogP contribution in [0.4, 0.5) is 0 Å². The second kappa shape index (κ2) is 6.07. The van der Waals surface area contributed by atoms with E-state index in [9.17, 15) is 0 Å². The minimum atomic E-state index is 0.472. The van der Waals surface area contributed by atoms with Crippen LogP contribution in [0.3, 0.4) is 0 Å². The number of benzene rings is 1. The second-order valence-corrected chi connectivity index (χ2v) is 6.88. The molecule has 1 saturated heterocycles. The molecule has 1 aromatic heterocycles. The van der Waals surface area contributed by atoms with Gasteiger partial charge in [0, 0.05) is 15.8 Å². The molecule has 1 atom stereocenters. The van der Waals surface area contributed by atoms with Crippen molar-refractivity contribution in [1.29, 1.82) is 0 Å². The second-order valence-electron chi connectivity index (χ2n) is 4.68. The van der Waals surface area contributed by atoms with E-state index in [-0.39, 0.29) is 0 Å². The largest absolute Gasteiger partial charge is 0.309 e. The van der Waals surface area contributed by atoms with Gasteiger partial charge >= 0.3 is 0 Å². The van der Waals surface area contributed by atoms with Crippen molar-refractivity contribution in [3.8, 4) is 10.6 Å². The Morgan fingerprint density at radius 1 is 1.37 bits per heavy atom. The number of nitrogens with zero attached hydrogens (tertiary/aromatic N) is 1. The Morgan fingerprint density at radius 2 is 2.21 bits per heavy atom. The fourth-order valence-electron chi connectivity index (χ4n) is 2.38. The highest BCUT2D eigenvalue weighted by atomic mass is 32.2. The maximum Gasteiger partial charge on any atom is 0.123 e. The van der Waals surface area contributed by atoms with Crippen LogP contribution in [0, 0.1) is 0 Å². The average molecular weight is 290 g/mol. The summed E-state index contributed by atoms with van der Waals surface area (Å²) in [7, 11) is 0. The number of rotatable bonds is 4. The molecule has 0 amide bonds. The van der Waals surface area contributed by atoms with Crippen LogP contribution in [-0.4, -0.2) is 17.3 Å². The molecule has 1 aromatic carbocycles. The van der Waals surface area contributed by atoms with Crippen molar-refractivity contribution in [2.45, 2.75) is 30.7 Å². The van der Waals surface area contributed by atoms with Gasteiger partial charge in [-0.3, -0.25) is 0 Å². The number of hydrogen-bond donors (Lipinski definition) is 1. The van der Waals surface area contributed by atoms with Gasteiger partial charge in [-0.05, 0) is 37.3 Å². The van der Waals surface area contributed by atoms with Gasteiger partial charge in [-0.1, -0.05) is 19.1 Å². The molecule has 3 rings (SSSR count). The molecule has 0 spiro atoms. The van der Waals surface area contributed by atoms with E-state index >= 15 is 0 Å². The molecule has 0 radical (unpaired) electrons. The predicted molar refractivity (Wildman–Crippen MR) is 83.9 cm³/mol. The van der Waals surface area contributed by atoms with Gasteiger partial charge in [0.25, 0.3) is 0 Å². The van der Waals surface area contributed by atoms with E-state index in [2.05, 4.69) is 41.9 Å². The monoisotopic (exact) mass is 290 g/mol. The van der Waals surface area contributed by atoms with Crippen molar-refractivity contribution in [3.05, 3.63) is 35.3 Å². The zero-order valence-corrected chi connectivity index (χ0v) is 12.7. The highest BCUT2D eigenvalue weighted by Crippen LogP contribution is 2.30. The van der Waals surface area contributed by atoms with Gasteiger partial charge in [0.05, 0.1) is 11.7 Å². The highest BCUT2D eigenvalue weighted by Gasteiger charge is 2.19. The summed E-state index contributed by atoms with van der Waals surface area (Å²) in [6, 6.07) is 9.22. The molecule has 1 aliphatic heterocycles. The lowest BCUT2D eigenvalue weighted by atomic mass is 10.2.